The number of carbonyl (C=O) groups excluding carboxylic acids is 1. The van der Waals surface area contributed by atoms with Crippen molar-refractivity contribution in [3.05, 3.63) is 75.2 Å². The molecule has 2 N–H and O–H groups in total. The SMILES string of the molecule is C[C@@H](NCC(=O)Nc1c(Cl)cc(Cl)cc1Cl)c1cccc2ccccc12. The molecule has 1 atom stereocenters. The van der Waals surface area contributed by atoms with E-state index in [1.165, 1.54) is 22.9 Å². The summed E-state index contributed by atoms with van der Waals surface area (Å²) in [6.45, 7) is 2.15. The van der Waals surface area contributed by atoms with Gasteiger partial charge in [0.2, 0.25) is 5.91 Å². The molecule has 3 aromatic rings. The van der Waals surface area contributed by atoms with Crippen LogP contribution in [0.1, 0.15) is 18.5 Å². The Balaban J connectivity index is 1.68. The van der Waals surface area contributed by atoms with E-state index in [0.29, 0.717) is 20.8 Å². The molecule has 0 unspecified atom stereocenters. The van der Waals surface area contributed by atoms with Crippen LogP contribution in [0.25, 0.3) is 10.8 Å². The maximum Gasteiger partial charge on any atom is 0.238 e. The van der Waals surface area contributed by atoms with E-state index in [2.05, 4.69) is 34.9 Å². The molecule has 0 radical (unpaired) electrons. The number of rotatable bonds is 5. The van der Waals surface area contributed by atoms with Crippen LogP contribution in [0, 0.1) is 0 Å². The predicted octanol–water partition coefficient (Wildman–Crippen LogP) is 6.09. The summed E-state index contributed by atoms with van der Waals surface area (Å²) in [5.74, 6) is -0.233. The number of hydrogen-bond acceptors (Lipinski definition) is 2. The summed E-state index contributed by atoms with van der Waals surface area (Å²) in [4.78, 5) is 12.3. The van der Waals surface area contributed by atoms with Crippen molar-refractivity contribution in [2.75, 3.05) is 11.9 Å². The van der Waals surface area contributed by atoms with Gasteiger partial charge in [-0.15, -0.1) is 0 Å². The van der Waals surface area contributed by atoms with Gasteiger partial charge in [-0.25, -0.2) is 0 Å². The smallest absolute Gasteiger partial charge is 0.238 e. The molecule has 6 heteroatoms. The number of halogens is 3. The van der Waals surface area contributed by atoms with Gasteiger partial charge < -0.3 is 10.6 Å². The number of fused-ring (bicyclic) bond motifs is 1. The van der Waals surface area contributed by atoms with Gasteiger partial charge in [-0.3, -0.25) is 4.79 Å². The summed E-state index contributed by atoms with van der Waals surface area (Å²) in [5.41, 5.74) is 1.50. The molecule has 3 rings (SSSR count). The first-order valence-corrected chi connectivity index (χ1v) is 9.24. The van der Waals surface area contributed by atoms with Gasteiger partial charge in [0.05, 0.1) is 22.3 Å². The fourth-order valence-corrected chi connectivity index (χ4v) is 3.74. The molecule has 26 heavy (non-hydrogen) atoms. The van der Waals surface area contributed by atoms with Crippen LogP contribution in [0.2, 0.25) is 15.1 Å². The fraction of sp³-hybridized carbons (Fsp3) is 0.150. The van der Waals surface area contributed by atoms with Crippen molar-refractivity contribution >= 4 is 57.2 Å². The Bertz CT molecular complexity index is 930. The summed E-state index contributed by atoms with van der Waals surface area (Å²) in [7, 11) is 0. The average molecular weight is 408 g/mol. The lowest BCUT2D eigenvalue weighted by Gasteiger charge is -2.17. The number of benzene rings is 3. The van der Waals surface area contributed by atoms with Gasteiger partial charge in [-0.05, 0) is 35.4 Å². The maximum atomic E-state index is 12.3. The molecule has 0 saturated carbocycles. The first kappa shape index (κ1) is 19.0. The van der Waals surface area contributed by atoms with E-state index in [1.807, 2.05) is 25.1 Å². The van der Waals surface area contributed by atoms with Gasteiger partial charge in [-0.2, -0.15) is 0 Å². The first-order chi connectivity index (χ1) is 12.5. The maximum absolute atomic E-state index is 12.3. The third kappa shape index (κ3) is 4.30. The highest BCUT2D eigenvalue weighted by Crippen LogP contribution is 2.33. The van der Waals surface area contributed by atoms with E-state index < -0.39 is 0 Å². The summed E-state index contributed by atoms with van der Waals surface area (Å²) in [6, 6.07) is 17.4. The van der Waals surface area contributed by atoms with E-state index in [0.717, 1.165) is 5.56 Å². The van der Waals surface area contributed by atoms with E-state index in [1.54, 1.807) is 0 Å². The highest BCUT2D eigenvalue weighted by Gasteiger charge is 2.14. The Morgan fingerprint density at radius 1 is 1.00 bits per heavy atom. The van der Waals surface area contributed by atoms with Gasteiger partial charge in [0.15, 0.2) is 0 Å². The zero-order chi connectivity index (χ0) is 18.7. The van der Waals surface area contributed by atoms with Crippen molar-refractivity contribution in [1.82, 2.24) is 5.32 Å². The van der Waals surface area contributed by atoms with Crippen molar-refractivity contribution < 1.29 is 4.79 Å². The van der Waals surface area contributed by atoms with Crippen molar-refractivity contribution in [3.8, 4) is 0 Å². The molecule has 0 aliphatic carbocycles. The minimum Gasteiger partial charge on any atom is -0.322 e. The second-order valence-corrected chi connectivity index (χ2v) is 7.21. The van der Waals surface area contributed by atoms with Crippen molar-refractivity contribution in [2.45, 2.75) is 13.0 Å². The van der Waals surface area contributed by atoms with Gasteiger partial charge >= 0.3 is 0 Å². The van der Waals surface area contributed by atoms with Crippen molar-refractivity contribution in [2.24, 2.45) is 0 Å². The van der Waals surface area contributed by atoms with E-state index in [9.17, 15) is 4.79 Å². The van der Waals surface area contributed by atoms with Crippen LogP contribution in [-0.2, 0) is 4.79 Å². The number of nitrogens with one attached hydrogen (secondary N) is 2. The molecule has 0 spiro atoms. The molecule has 1 amide bonds. The third-order valence-electron chi connectivity index (χ3n) is 4.13. The Labute approximate surface area is 167 Å². The number of amides is 1. The van der Waals surface area contributed by atoms with Gasteiger partial charge in [0.1, 0.15) is 0 Å². The van der Waals surface area contributed by atoms with E-state index >= 15 is 0 Å². The van der Waals surface area contributed by atoms with Gasteiger partial charge in [0.25, 0.3) is 0 Å². The summed E-state index contributed by atoms with van der Waals surface area (Å²) < 4.78 is 0. The zero-order valence-electron chi connectivity index (χ0n) is 14.0. The summed E-state index contributed by atoms with van der Waals surface area (Å²) in [6.07, 6.45) is 0. The second kappa shape index (κ2) is 8.28. The Hall–Kier alpha value is -1.78. The topological polar surface area (TPSA) is 41.1 Å². The highest BCUT2D eigenvalue weighted by molar-refractivity contribution is 6.42. The lowest BCUT2D eigenvalue weighted by molar-refractivity contribution is -0.115. The van der Waals surface area contributed by atoms with Crippen molar-refractivity contribution in [3.63, 3.8) is 0 Å². The molecular weight excluding hydrogens is 391 g/mol. The molecule has 0 saturated heterocycles. The van der Waals surface area contributed by atoms with Crippen LogP contribution in [0.3, 0.4) is 0 Å². The van der Waals surface area contributed by atoms with Crippen LogP contribution < -0.4 is 10.6 Å². The molecule has 3 aromatic carbocycles. The number of anilines is 1. The van der Waals surface area contributed by atoms with Crippen LogP contribution >= 0.6 is 34.8 Å². The van der Waals surface area contributed by atoms with Crippen molar-refractivity contribution in [1.29, 1.82) is 0 Å². The molecule has 0 aliphatic rings. The monoisotopic (exact) mass is 406 g/mol. The highest BCUT2D eigenvalue weighted by atomic mass is 35.5. The molecule has 0 aromatic heterocycles. The van der Waals surface area contributed by atoms with E-state index in [-0.39, 0.29) is 18.5 Å². The molecule has 0 aliphatic heterocycles. The number of hydrogen-bond donors (Lipinski definition) is 2. The normalized spacial score (nSPS) is 12.2. The molecule has 134 valence electrons. The lowest BCUT2D eigenvalue weighted by atomic mass is 10.00. The molecule has 0 fully saturated rings. The Morgan fingerprint density at radius 3 is 2.38 bits per heavy atom. The molecule has 0 heterocycles. The van der Waals surface area contributed by atoms with Crippen LogP contribution in [0.4, 0.5) is 5.69 Å². The van der Waals surface area contributed by atoms with E-state index in [4.69, 9.17) is 34.8 Å². The molecule has 3 nitrogen and oxygen atoms in total. The van der Waals surface area contributed by atoms with Gasteiger partial charge in [-0.1, -0.05) is 77.3 Å². The third-order valence-corrected chi connectivity index (χ3v) is 4.94. The minimum absolute atomic E-state index is 0.00279. The fourth-order valence-electron chi connectivity index (χ4n) is 2.83. The van der Waals surface area contributed by atoms with Crippen LogP contribution in [0.5, 0.6) is 0 Å². The minimum atomic E-state index is -0.233. The quantitative estimate of drug-likeness (QED) is 0.537. The Morgan fingerprint density at radius 2 is 1.65 bits per heavy atom. The second-order valence-electron chi connectivity index (χ2n) is 5.96. The van der Waals surface area contributed by atoms with Gasteiger partial charge in [0, 0.05) is 11.1 Å². The first-order valence-electron chi connectivity index (χ1n) is 8.11. The zero-order valence-corrected chi connectivity index (χ0v) is 16.3. The summed E-state index contributed by atoms with van der Waals surface area (Å²) in [5, 5.41) is 9.32. The predicted molar refractivity (Wildman–Crippen MR) is 110 cm³/mol. The van der Waals surface area contributed by atoms with Crippen LogP contribution in [0.15, 0.2) is 54.6 Å². The average Bonchev–Trinajstić information content (AvgIpc) is 2.62. The summed E-state index contributed by atoms with van der Waals surface area (Å²) >= 11 is 18.1. The number of carbonyl (C=O) groups is 1. The van der Waals surface area contributed by atoms with Crippen LogP contribution in [-0.4, -0.2) is 12.5 Å². The standard InChI is InChI=1S/C20H17Cl3N2O/c1-12(15-8-4-6-13-5-2-3-7-16(13)15)24-11-19(26)25-20-17(22)9-14(21)10-18(20)23/h2-10,12,24H,11H2,1H3,(H,25,26)/t12-/m1/s1. The largest absolute Gasteiger partial charge is 0.322 e. The lowest BCUT2D eigenvalue weighted by Crippen LogP contribution is -2.30. The molecule has 0 bridgehead atoms. The Kier molecular flexibility index (Phi) is 6.05. The molecular formula is C20H17Cl3N2O.